The summed E-state index contributed by atoms with van der Waals surface area (Å²) in [5, 5.41) is 6.38. The number of amides is 1. The summed E-state index contributed by atoms with van der Waals surface area (Å²) in [5.74, 6) is -0.0862. The molecule has 0 atom stereocenters. The zero-order chi connectivity index (χ0) is 18.9. The lowest BCUT2D eigenvalue weighted by atomic mass is 10.2. The normalized spacial score (nSPS) is 11.8. The Balaban J connectivity index is 1.59. The molecule has 9 nitrogen and oxygen atoms in total. The van der Waals surface area contributed by atoms with Crippen LogP contribution >= 0.6 is 0 Å². The molecule has 0 radical (unpaired) electrons. The van der Waals surface area contributed by atoms with Crippen LogP contribution in [-0.2, 0) is 21.9 Å². The second-order valence-corrected chi connectivity index (χ2v) is 7.61. The molecular weight excluding hydrogens is 358 g/mol. The smallest absolute Gasteiger partial charge is 0.245 e. The molecule has 3 aromatic rings. The highest BCUT2D eigenvalue weighted by Gasteiger charge is 2.23. The molecule has 2 aromatic heterocycles. The fourth-order valence-electron chi connectivity index (χ4n) is 2.66. The van der Waals surface area contributed by atoms with Crippen molar-refractivity contribution < 1.29 is 17.7 Å². The molecule has 0 unspecified atom stereocenters. The topological polar surface area (TPSA) is 119 Å². The Bertz CT molecular complexity index is 1050. The summed E-state index contributed by atoms with van der Waals surface area (Å²) in [6.45, 7) is 3.04. The standard InChI is InChI=1S/C16H19N5O4S/c1-10-16(11(2)25-20-10)26(23,24)18-7-6-15(22)19-12-4-5-13-14(8-12)21(3)9-17-13/h4-5,8-9,18H,6-7H2,1-3H3,(H,19,22). The van der Waals surface area contributed by atoms with Crippen LogP contribution in [0.2, 0.25) is 0 Å². The van der Waals surface area contributed by atoms with E-state index in [1.165, 1.54) is 6.92 Å². The number of hydrogen-bond donors (Lipinski definition) is 2. The van der Waals surface area contributed by atoms with Crippen molar-refractivity contribution in [1.82, 2.24) is 19.4 Å². The fourth-order valence-corrected chi connectivity index (χ4v) is 4.01. The number of anilines is 1. The van der Waals surface area contributed by atoms with Gasteiger partial charge in [0.25, 0.3) is 0 Å². The van der Waals surface area contributed by atoms with E-state index in [9.17, 15) is 13.2 Å². The molecule has 10 heteroatoms. The van der Waals surface area contributed by atoms with Gasteiger partial charge in [0, 0.05) is 25.7 Å². The zero-order valence-electron chi connectivity index (χ0n) is 14.6. The number of aromatic nitrogens is 3. The van der Waals surface area contributed by atoms with Crippen LogP contribution in [0, 0.1) is 13.8 Å². The Morgan fingerprint density at radius 2 is 2.08 bits per heavy atom. The number of nitrogens with zero attached hydrogens (tertiary/aromatic N) is 3. The van der Waals surface area contributed by atoms with E-state index in [0.29, 0.717) is 5.69 Å². The fraction of sp³-hybridized carbons (Fsp3) is 0.312. The number of carbonyl (C=O) groups is 1. The third-order valence-electron chi connectivity index (χ3n) is 3.89. The average Bonchev–Trinajstić information content (AvgIpc) is 3.10. The molecule has 0 fully saturated rings. The number of carbonyl (C=O) groups excluding carboxylic acids is 1. The monoisotopic (exact) mass is 377 g/mol. The van der Waals surface area contributed by atoms with Crippen LogP contribution in [0.3, 0.4) is 0 Å². The summed E-state index contributed by atoms with van der Waals surface area (Å²) in [6.07, 6.45) is 1.69. The van der Waals surface area contributed by atoms with Gasteiger partial charge in [-0.05, 0) is 32.0 Å². The highest BCUT2D eigenvalue weighted by molar-refractivity contribution is 7.89. The van der Waals surface area contributed by atoms with E-state index >= 15 is 0 Å². The first-order valence-electron chi connectivity index (χ1n) is 7.91. The molecule has 26 heavy (non-hydrogen) atoms. The minimum Gasteiger partial charge on any atom is -0.360 e. The molecule has 0 bridgehead atoms. The second-order valence-electron chi connectivity index (χ2n) is 5.91. The Morgan fingerprint density at radius 3 is 2.77 bits per heavy atom. The predicted molar refractivity (Wildman–Crippen MR) is 95.1 cm³/mol. The number of rotatable bonds is 6. The van der Waals surface area contributed by atoms with E-state index in [4.69, 9.17) is 4.52 Å². The van der Waals surface area contributed by atoms with Gasteiger partial charge >= 0.3 is 0 Å². The third-order valence-corrected chi connectivity index (χ3v) is 5.59. The third kappa shape index (κ3) is 3.60. The van der Waals surface area contributed by atoms with E-state index in [0.717, 1.165) is 11.0 Å². The molecule has 0 aliphatic heterocycles. The summed E-state index contributed by atoms with van der Waals surface area (Å²) >= 11 is 0. The van der Waals surface area contributed by atoms with Crippen LogP contribution in [-0.4, -0.2) is 35.6 Å². The van der Waals surface area contributed by atoms with Crippen LogP contribution in [0.15, 0.2) is 33.9 Å². The van der Waals surface area contributed by atoms with Crippen molar-refractivity contribution in [3.05, 3.63) is 36.0 Å². The van der Waals surface area contributed by atoms with Gasteiger partial charge in [-0.3, -0.25) is 4.79 Å². The molecule has 1 aromatic carbocycles. The number of imidazole rings is 1. The van der Waals surface area contributed by atoms with Gasteiger partial charge in [0.2, 0.25) is 15.9 Å². The molecule has 0 aliphatic rings. The maximum atomic E-state index is 12.3. The lowest BCUT2D eigenvalue weighted by molar-refractivity contribution is -0.116. The quantitative estimate of drug-likeness (QED) is 0.672. The first kappa shape index (κ1) is 18.1. The Kier molecular flexibility index (Phi) is 4.79. The van der Waals surface area contributed by atoms with E-state index in [1.807, 2.05) is 23.7 Å². The number of sulfonamides is 1. The minimum absolute atomic E-state index is 0.00791. The van der Waals surface area contributed by atoms with Crippen LogP contribution in [0.1, 0.15) is 17.9 Å². The molecule has 138 valence electrons. The van der Waals surface area contributed by atoms with Crippen molar-refractivity contribution in [1.29, 1.82) is 0 Å². The van der Waals surface area contributed by atoms with Gasteiger partial charge in [0.05, 0.1) is 17.4 Å². The van der Waals surface area contributed by atoms with Crippen molar-refractivity contribution in [2.45, 2.75) is 25.2 Å². The molecule has 0 aliphatic carbocycles. The first-order chi connectivity index (χ1) is 12.3. The molecule has 0 spiro atoms. The van der Waals surface area contributed by atoms with E-state index in [2.05, 4.69) is 20.2 Å². The lowest BCUT2D eigenvalue weighted by Gasteiger charge is -2.08. The maximum absolute atomic E-state index is 12.3. The van der Waals surface area contributed by atoms with Gasteiger partial charge in [-0.1, -0.05) is 5.16 Å². The Morgan fingerprint density at radius 1 is 1.31 bits per heavy atom. The Labute approximate surface area is 150 Å². The summed E-state index contributed by atoms with van der Waals surface area (Å²) < 4.78 is 33.7. The summed E-state index contributed by atoms with van der Waals surface area (Å²) in [6, 6.07) is 5.38. The van der Waals surface area contributed by atoms with Crippen molar-refractivity contribution in [3.8, 4) is 0 Å². The lowest BCUT2D eigenvalue weighted by Crippen LogP contribution is -2.28. The number of aryl methyl sites for hydroxylation is 3. The van der Waals surface area contributed by atoms with Crippen LogP contribution in [0.4, 0.5) is 5.69 Å². The largest absolute Gasteiger partial charge is 0.360 e. The van der Waals surface area contributed by atoms with Crippen molar-refractivity contribution in [2.24, 2.45) is 7.05 Å². The van der Waals surface area contributed by atoms with E-state index < -0.39 is 10.0 Å². The van der Waals surface area contributed by atoms with Gasteiger partial charge in [-0.2, -0.15) is 0 Å². The van der Waals surface area contributed by atoms with Gasteiger partial charge < -0.3 is 14.4 Å². The number of nitrogens with one attached hydrogen (secondary N) is 2. The highest BCUT2D eigenvalue weighted by atomic mass is 32.2. The Hall–Kier alpha value is -2.72. The minimum atomic E-state index is -3.77. The predicted octanol–water partition coefficient (Wildman–Crippen LogP) is 1.49. The second kappa shape index (κ2) is 6.89. The molecule has 0 saturated carbocycles. The van der Waals surface area contributed by atoms with Gasteiger partial charge in [0.1, 0.15) is 10.6 Å². The van der Waals surface area contributed by atoms with Gasteiger partial charge in [0.15, 0.2) is 5.76 Å². The van der Waals surface area contributed by atoms with Crippen molar-refractivity contribution in [3.63, 3.8) is 0 Å². The van der Waals surface area contributed by atoms with E-state index in [-0.39, 0.29) is 35.2 Å². The molecule has 2 N–H and O–H groups in total. The van der Waals surface area contributed by atoms with Crippen LogP contribution in [0.5, 0.6) is 0 Å². The summed E-state index contributed by atoms with van der Waals surface area (Å²) in [7, 11) is -1.91. The zero-order valence-corrected chi connectivity index (χ0v) is 15.4. The van der Waals surface area contributed by atoms with Crippen LogP contribution in [0.25, 0.3) is 11.0 Å². The summed E-state index contributed by atoms with van der Waals surface area (Å²) in [5.41, 5.74) is 2.63. The van der Waals surface area contributed by atoms with Gasteiger partial charge in [-0.25, -0.2) is 18.1 Å². The molecular formula is C16H19N5O4S. The molecule has 0 saturated heterocycles. The summed E-state index contributed by atoms with van der Waals surface area (Å²) in [4.78, 5) is 16.3. The average molecular weight is 377 g/mol. The van der Waals surface area contributed by atoms with Crippen LogP contribution < -0.4 is 10.0 Å². The number of hydrogen-bond acceptors (Lipinski definition) is 6. The van der Waals surface area contributed by atoms with Gasteiger partial charge in [-0.15, -0.1) is 0 Å². The van der Waals surface area contributed by atoms with Crippen molar-refractivity contribution in [2.75, 3.05) is 11.9 Å². The highest BCUT2D eigenvalue weighted by Crippen LogP contribution is 2.19. The molecule has 3 rings (SSSR count). The molecule has 2 heterocycles. The SMILES string of the molecule is Cc1noc(C)c1S(=O)(=O)NCCC(=O)Nc1ccc2ncn(C)c2c1. The van der Waals surface area contributed by atoms with Crippen molar-refractivity contribution >= 4 is 32.7 Å². The maximum Gasteiger partial charge on any atom is 0.245 e. The molecule has 1 amide bonds. The van der Waals surface area contributed by atoms with E-state index in [1.54, 1.807) is 19.3 Å². The number of fused-ring (bicyclic) bond motifs is 1. The number of benzene rings is 1. The first-order valence-corrected chi connectivity index (χ1v) is 9.40.